The topological polar surface area (TPSA) is 104 Å². The Kier molecular flexibility index (Phi) is 9.74. The highest BCUT2D eigenvalue weighted by Gasteiger charge is 2.35. The molecule has 2 aromatic carbocycles. The summed E-state index contributed by atoms with van der Waals surface area (Å²) in [6.45, 7) is 8.61. The van der Waals surface area contributed by atoms with E-state index in [4.69, 9.17) is 9.47 Å². The average molecular weight is 614 g/mol. The van der Waals surface area contributed by atoms with Gasteiger partial charge in [0.25, 0.3) is 0 Å². The number of hydrogen-bond donors (Lipinski definition) is 3. The van der Waals surface area contributed by atoms with Crippen LogP contribution in [-0.4, -0.2) is 73.3 Å². The first kappa shape index (κ1) is 31.3. The Bertz CT molecular complexity index is 1460. The zero-order chi connectivity index (χ0) is 31.3. The molecule has 5 rings (SSSR count). The largest absolute Gasteiger partial charge is 0.494 e. The zero-order valence-electron chi connectivity index (χ0n) is 25.1. The number of piperazine rings is 1. The first-order valence-electron chi connectivity index (χ1n) is 14.7. The third kappa shape index (κ3) is 7.51. The molecule has 3 N–H and O–H groups in total. The van der Waals surface area contributed by atoms with Gasteiger partial charge in [0, 0.05) is 82.5 Å². The van der Waals surface area contributed by atoms with E-state index >= 15 is 0 Å². The van der Waals surface area contributed by atoms with Gasteiger partial charge in [-0.25, -0.2) is 4.98 Å². The second-order valence-electron chi connectivity index (χ2n) is 11.0. The molecule has 3 heterocycles. The van der Waals surface area contributed by atoms with E-state index < -0.39 is 11.7 Å². The summed E-state index contributed by atoms with van der Waals surface area (Å²) < 4.78 is 52.7. The predicted octanol–water partition coefficient (Wildman–Crippen LogP) is 5.43. The van der Waals surface area contributed by atoms with Crippen LogP contribution in [0, 0.1) is 6.92 Å². The van der Waals surface area contributed by atoms with Gasteiger partial charge in [-0.1, -0.05) is 12.1 Å². The van der Waals surface area contributed by atoms with Crippen LogP contribution in [0.4, 0.5) is 42.0 Å². The number of nitrogens with zero attached hydrogens (tertiary/aromatic N) is 4. The number of halogens is 3. The molecule has 3 aromatic rings. The Hall–Kier alpha value is -4.10. The van der Waals surface area contributed by atoms with Crippen molar-refractivity contribution in [1.82, 2.24) is 14.9 Å². The maximum atomic E-state index is 13.9. The molecule has 0 unspecified atom stereocenters. The standard InChI is InChI=1S/C31H38F3N7O3/c1-20-22(5-4-6-26(20)37-21(2)42)18-35-29-25(31(32,33)34)19-36-30(39-29)38-27-8-7-24(17-28(27)43-3)41-13-11-40(12-14-41)23-9-15-44-16-10-23/h4-8,17,19,23H,9-16,18H2,1-3H3,(H,37,42)(H2,35,36,38,39). The first-order valence-corrected chi connectivity index (χ1v) is 14.7. The number of hydrogen-bond acceptors (Lipinski definition) is 9. The molecule has 1 amide bonds. The average Bonchev–Trinajstić information content (AvgIpc) is 3.01. The van der Waals surface area contributed by atoms with Crippen LogP contribution < -0.4 is 25.6 Å². The number of ether oxygens (including phenoxy) is 2. The summed E-state index contributed by atoms with van der Waals surface area (Å²) in [6.07, 6.45) is -1.76. The van der Waals surface area contributed by atoms with Gasteiger partial charge in [-0.2, -0.15) is 18.2 Å². The van der Waals surface area contributed by atoms with Crippen molar-refractivity contribution in [3.8, 4) is 5.75 Å². The van der Waals surface area contributed by atoms with Gasteiger partial charge in [-0.05, 0) is 49.1 Å². The molecule has 2 fully saturated rings. The SMILES string of the molecule is COc1cc(N2CCN(C3CCOCC3)CC2)ccc1Nc1ncc(C(F)(F)F)c(NCc2cccc(NC(C)=O)c2C)n1. The summed E-state index contributed by atoms with van der Waals surface area (Å²) in [5.74, 6) is -0.0869. The molecular weight excluding hydrogens is 575 g/mol. The summed E-state index contributed by atoms with van der Waals surface area (Å²) in [6, 6.07) is 11.5. The molecule has 13 heteroatoms. The number of alkyl halides is 3. The van der Waals surface area contributed by atoms with Gasteiger partial charge in [0.1, 0.15) is 17.1 Å². The molecule has 1 aromatic heterocycles. The van der Waals surface area contributed by atoms with Gasteiger partial charge in [0.15, 0.2) is 0 Å². The minimum atomic E-state index is -4.66. The van der Waals surface area contributed by atoms with Crippen LogP contribution in [0.3, 0.4) is 0 Å². The lowest BCUT2D eigenvalue weighted by molar-refractivity contribution is -0.137. The Morgan fingerprint density at radius 2 is 1.84 bits per heavy atom. The lowest BCUT2D eigenvalue weighted by Gasteiger charge is -2.41. The van der Waals surface area contributed by atoms with E-state index in [-0.39, 0.29) is 24.2 Å². The smallest absolute Gasteiger partial charge is 0.421 e. The van der Waals surface area contributed by atoms with E-state index in [1.54, 1.807) is 32.2 Å². The van der Waals surface area contributed by atoms with E-state index in [2.05, 4.69) is 35.7 Å². The quantitative estimate of drug-likeness (QED) is 0.292. The fourth-order valence-electron chi connectivity index (χ4n) is 5.66. The van der Waals surface area contributed by atoms with Crippen LogP contribution in [0.5, 0.6) is 5.75 Å². The highest BCUT2D eigenvalue weighted by Crippen LogP contribution is 2.36. The summed E-state index contributed by atoms with van der Waals surface area (Å²) >= 11 is 0. The van der Waals surface area contributed by atoms with Crippen molar-refractivity contribution in [3.63, 3.8) is 0 Å². The van der Waals surface area contributed by atoms with E-state index in [1.165, 1.54) is 6.92 Å². The van der Waals surface area contributed by atoms with Gasteiger partial charge < -0.3 is 30.3 Å². The molecule has 10 nitrogen and oxygen atoms in total. The number of anilines is 5. The van der Waals surface area contributed by atoms with Crippen molar-refractivity contribution in [1.29, 1.82) is 0 Å². The van der Waals surface area contributed by atoms with Gasteiger partial charge in [-0.3, -0.25) is 9.69 Å². The number of aromatic nitrogens is 2. The van der Waals surface area contributed by atoms with E-state index in [9.17, 15) is 18.0 Å². The molecule has 2 aliphatic rings. The molecule has 0 saturated carbocycles. The maximum absolute atomic E-state index is 13.9. The summed E-state index contributed by atoms with van der Waals surface area (Å²) in [4.78, 5) is 24.5. The molecule has 2 saturated heterocycles. The number of methoxy groups -OCH3 is 1. The highest BCUT2D eigenvalue weighted by molar-refractivity contribution is 5.89. The number of rotatable bonds is 9. The minimum Gasteiger partial charge on any atom is -0.494 e. The molecule has 0 bridgehead atoms. The molecule has 0 atom stereocenters. The normalized spacial score (nSPS) is 16.5. The molecule has 0 spiro atoms. The van der Waals surface area contributed by atoms with E-state index in [0.717, 1.165) is 69.7 Å². The van der Waals surface area contributed by atoms with Crippen LogP contribution in [0.1, 0.15) is 36.5 Å². The predicted molar refractivity (Wildman–Crippen MR) is 164 cm³/mol. The van der Waals surface area contributed by atoms with Crippen molar-refractivity contribution in [3.05, 3.63) is 59.3 Å². The van der Waals surface area contributed by atoms with Crippen LogP contribution in [0.2, 0.25) is 0 Å². The number of benzene rings is 2. The number of carbonyl (C=O) groups is 1. The molecular formula is C31H38F3N7O3. The minimum absolute atomic E-state index is 0.0136. The first-order chi connectivity index (χ1) is 21.1. The summed E-state index contributed by atoms with van der Waals surface area (Å²) in [7, 11) is 1.55. The van der Waals surface area contributed by atoms with Crippen molar-refractivity contribution in [2.75, 3.05) is 67.4 Å². The second kappa shape index (κ2) is 13.7. The van der Waals surface area contributed by atoms with Gasteiger partial charge in [-0.15, -0.1) is 0 Å². The molecule has 236 valence electrons. The van der Waals surface area contributed by atoms with Crippen molar-refractivity contribution >= 4 is 34.7 Å². The van der Waals surface area contributed by atoms with Gasteiger partial charge in [0.05, 0.1) is 12.8 Å². The lowest BCUT2D eigenvalue weighted by Crippen LogP contribution is -2.51. The Morgan fingerprint density at radius 1 is 1.09 bits per heavy atom. The Labute approximate surface area is 255 Å². The zero-order valence-corrected chi connectivity index (χ0v) is 25.1. The van der Waals surface area contributed by atoms with Crippen molar-refractivity contribution in [2.45, 2.75) is 45.5 Å². The fourth-order valence-corrected chi connectivity index (χ4v) is 5.66. The lowest BCUT2D eigenvalue weighted by atomic mass is 10.1. The Morgan fingerprint density at radius 3 is 2.52 bits per heavy atom. The number of amides is 1. The third-order valence-corrected chi connectivity index (χ3v) is 8.12. The summed E-state index contributed by atoms with van der Waals surface area (Å²) in [5, 5.41) is 8.57. The van der Waals surface area contributed by atoms with Gasteiger partial charge >= 0.3 is 6.18 Å². The highest BCUT2D eigenvalue weighted by atomic mass is 19.4. The second-order valence-corrected chi connectivity index (χ2v) is 11.0. The third-order valence-electron chi connectivity index (χ3n) is 8.12. The van der Waals surface area contributed by atoms with Crippen LogP contribution in [-0.2, 0) is 22.3 Å². The van der Waals surface area contributed by atoms with Crippen LogP contribution in [0.25, 0.3) is 0 Å². The van der Waals surface area contributed by atoms with Crippen molar-refractivity contribution in [2.24, 2.45) is 0 Å². The van der Waals surface area contributed by atoms with Gasteiger partial charge in [0.2, 0.25) is 11.9 Å². The fraction of sp³-hybridized carbons (Fsp3) is 0.452. The van der Waals surface area contributed by atoms with Crippen molar-refractivity contribution < 1.29 is 27.4 Å². The molecule has 2 aliphatic heterocycles. The molecule has 0 aliphatic carbocycles. The molecule has 44 heavy (non-hydrogen) atoms. The van der Waals surface area contributed by atoms with E-state index in [1.807, 2.05) is 18.2 Å². The number of carbonyl (C=O) groups excluding carboxylic acids is 1. The monoisotopic (exact) mass is 613 g/mol. The van der Waals surface area contributed by atoms with E-state index in [0.29, 0.717) is 28.7 Å². The Balaban J connectivity index is 1.30. The number of nitrogens with one attached hydrogen (secondary N) is 3. The van der Waals surface area contributed by atoms with Crippen LogP contribution >= 0.6 is 0 Å². The maximum Gasteiger partial charge on any atom is 0.421 e. The molecule has 0 radical (unpaired) electrons. The van der Waals surface area contributed by atoms with Crippen LogP contribution in [0.15, 0.2) is 42.6 Å². The summed E-state index contributed by atoms with van der Waals surface area (Å²) in [5.41, 5.74) is 2.60.